The van der Waals surface area contributed by atoms with E-state index >= 15 is 0 Å². The topological polar surface area (TPSA) is 99.6 Å². The van der Waals surface area contributed by atoms with Crippen LogP contribution in [0.2, 0.25) is 0 Å². The minimum atomic E-state index is -1.06. The van der Waals surface area contributed by atoms with Gasteiger partial charge in [0.15, 0.2) is 5.69 Å². The minimum Gasteiger partial charge on any atom is -0.354 e. The third kappa shape index (κ3) is 5.49. The van der Waals surface area contributed by atoms with Gasteiger partial charge < -0.3 is 20.4 Å². The molecule has 32 heavy (non-hydrogen) atoms. The Labute approximate surface area is 190 Å². The standard InChI is InChI=1S/C23H38N6O3/c1-17(2)9-10-25-22(32)23(3)16-29-19(21(31)27(23)4)15-18(26-29)20(30)24-11-14-28-12-7-5-6-8-13-28/h15,17H,5-14,16H2,1-4H3,(H,24,30)(H,25,32)/t23-/m1/s1. The first-order valence-corrected chi connectivity index (χ1v) is 11.9. The fourth-order valence-electron chi connectivity index (χ4n) is 4.28. The predicted molar refractivity (Wildman–Crippen MR) is 122 cm³/mol. The number of rotatable bonds is 8. The van der Waals surface area contributed by atoms with Gasteiger partial charge in [0.1, 0.15) is 11.2 Å². The maximum Gasteiger partial charge on any atom is 0.272 e. The van der Waals surface area contributed by atoms with Gasteiger partial charge in [-0.05, 0) is 45.2 Å². The van der Waals surface area contributed by atoms with Gasteiger partial charge in [-0.3, -0.25) is 19.1 Å². The van der Waals surface area contributed by atoms with Gasteiger partial charge in [-0.2, -0.15) is 5.10 Å². The molecule has 0 spiro atoms. The first-order chi connectivity index (χ1) is 15.2. The highest BCUT2D eigenvalue weighted by Gasteiger charge is 2.46. The summed E-state index contributed by atoms with van der Waals surface area (Å²) < 4.78 is 1.49. The van der Waals surface area contributed by atoms with Crippen LogP contribution in [-0.2, 0) is 11.3 Å². The van der Waals surface area contributed by atoms with E-state index in [1.165, 1.54) is 41.3 Å². The van der Waals surface area contributed by atoms with Crippen LogP contribution in [0.1, 0.15) is 73.9 Å². The van der Waals surface area contributed by atoms with Crippen LogP contribution in [0.25, 0.3) is 0 Å². The second-order valence-electron chi connectivity index (χ2n) is 9.66. The summed E-state index contributed by atoms with van der Waals surface area (Å²) in [6, 6.07) is 1.52. The summed E-state index contributed by atoms with van der Waals surface area (Å²) in [5.74, 6) is -0.334. The molecular weight excluding hydrogens is 408 g/mol. The Kier molecular flexibility index (Phi) is 7.92. The molecule has 1 aromatic rings. The normalized spacial score (nSPS) is 21.9. The van der Waals surface area contributed by atoms with Crippen molar-refractivity contribution in [2.75, 3.05) is 39.8 Å². The lowest BCUT2D eigenvalue weighted by Gasteiger charge is -2.40. The number of likely N-dealkylation sites (tertiary alicyclic amines) is 1. The van der Waals surface area contributed by atoms with Crippen molar-refractivity contribution in [2.45, 2.75) is 65.0 Å². The largest absolute Gasteiger partial charge is 0.354 e. The van der Waals surface area contributed by atoms with E-state index in [9.17, 15) is 14.4 Å². The maximum atomic E-state index is 13.0. The summed E-state index contributed by atoms with van der Waals surface area (Å²) in [7, 11) is 1.63. The molecule has 2 N–H and O–H groups in total. The number of nitrogens with zero attached hydrogens (tertiary/aromatic N) is 4. The average Bonchev–Trinajstić information content (AvgIpc) is 2.99. The van der Waals surface area contributed by atoms with Crippen LogP contribution in [0.3, 0.4) is 0 Å². The van der Waals surface area contributed by atoms with Gasteiger partial charge >= 0.3 is 0 Å². The molecule has 3 rings (SSSR count). The molecule has 0 bridgehead atoms. The predicted octanol–water partition coefficient (Wildman–Crippen LogP) is 1.50. The van der Waals surface area contributed by atoms with Crippen molar-refractivity contribution in [1.29, 1.82) is 0 Å². The molecule has 2 aliphatic heterocycles. The van der Waals surface area contributed by atoms with Crippen LogP contribution in [0.5, 0.6) is 0 Å². The first-order valence-electron chi connectivity index (χ1n) is 11.9. The van der Waals surface area contributed by atoms with Crippen molar-refractivity contribution in [3.8, 4) is 0 Å². The Morgan fingerprint density at radius 3 is 2.47 bits per heavy atom. The Balaban J connectivity index is 1.62. The minimum absolute atomic E-state index is 0.207. The SMILES string of the molecule is CC(C)CCNC(=O)[C@@]1(C)Cn2nc(C(=O)NCCN3CCCCCC3)cc2C(=O)N1C. The van der Waals surface area contributed by atoms with Gasteiger partial charge in [0.25, 0.3) is 11.8 Å². The average molecular weight is 447 g/mol. The van der Waals surface area contributed by atoms with E-state index in [-0.39, 0.29) is 30.0 Å². The van der Waals surface area contributed by atoms with Crippen LogP contribution >= 0.6 is 0 Å². The zero-order chi connectivity index (χ0) is 23.3. The highest BCUT2D eigenvalue weighted by Crippen LogP contribution is 2.26. The number of likely N-dealkylation sites (N-methyl/N-ethyl adjacent to an activating group) is 1. The van der Waals surface area contributed by atoms with Crippen molar-refractivity contribution in [3.63, 3.8) is 0 Å². The second kappa shape index (κ2) is 10.5. The third-order valence-corrected chi connectivity index (χ3v) is 6.64. The molecule has 0 saturated carbocycles. The molecular formula is C23H38N6O3. The zero-order valence-corrected chi connectivity index (χ0v) is 19.9. The number of carbonyl (C=O) groups is 3. The molecule has 0 aromatic carbocycles. The smallest absolute Gasteiger partial charge is 0.272 e. The van der Waals surface area contributed by atoms with Crippen LogP contribution < -0.4 is 10.6 Å². The maximum absolute atomic E-state index is 13.0. The molecule has 9 heteroatoms. The summed E-state index contributed by atoms with van der Waals surface area (Å²) in [6.07, 6.45) is 5.84. The van der Waals surface area contributed by atoms with E-state index in [4.69, 9.17) is 0 Å². The van der Waals surface area contributed by atoms with E-state index in [1.807, 2.05) is 0 Å². The fourth-order valence-corrected chi connectivity index (χ4v) is 4.28. The van der Waals surface area contributed by atoms with E-state index in [0.717, 1.165) is 26.1 Å². The lowest BCUT2D eigenvalue weighted by atomic mass is 9.95. The van der Waals surface area contributed by atoms with Crippen LogP contribution in [0.15, 0.2) is 6.07 Å². The van der Waals surface area contributed by atoms with Gasteiger partial charge in [0, 0.05) is 32.7 Å². The number of fused-ring (bicyclic) bond motifs is 1. The Hall–Kier alpha value is -2.42. The molecule has 0 radical (unpaired) electrons. The van der Waals surface area contributed by atoms with Gasteiger partial charge in [0.05, 0.1) is 6.54 Å². The zero-order valence-electron chi connectivity index (χ0n) is 19.9. The summed E-state index contributed by atoms with van der Waals surface area (Å²) in [6.45, 7) is 10.2. The van der Waals surface area contributed by atoms with Crippen molar-refractivity contribution in [3.05, 3.63) is 17.5 Å². The number of aromatic nitrogens is 2. The highest BCUT2D eigenvalue weighted by molar-refractivity contribution is 6.01. The van der Waals surface area contributed by atoms with Crippen LogP contribution in [0.4, 0.5) is 0 Å². The molecule has 1 aromatic heterocycles. The first kappa shape index (κ1) is 24.2. The second-order valence-corrected chi connectivity index (χ2v) is 9.66. The van der Waals surface area contributed by atoms with Crippen LogP contribution in [0, 0.1) is 5.92 Å². The van der Waals surface area contributed by atoms with E-state index in [2.05, 4.69) is 34.5 Å². The third-order valence-electron chi connectivity index (χ3n) is 6.64. The monoisotopic (exact) mass is 446 g/mol. The van der Waals surface area contributed by atoms with Crippen molar-refractivity contribution in [2.24, 2.45) is 5.92 Å². The fraction of sp³-hybridized carbons (Fsp3) is 0.739. The molecule has 2 aliphatic rings. The molecule has 178 valence electrons. The molecule has 3 heterocycles. The summed E-state index contributed by atoms with van der Waals surface area (Å²) in [5.41, 5.74) is -0.521. The van der Waals surface area contributed by atoms with Crippen molar-refractivity contribution >= 4 is 17.7 Å². The number of nitrogens with one attached hydrogen (secondary N) is 2. The van der Waals surface area contributed by atoms with E-state index in [0.29, 0.717) is 24.7 Å². The quantitative estimate of drug-likeness (QED) is 0.630. The lowest BCUT2D eigenvalue weighted by Crippen LogP contribution is -2.62. The van der Waals surface area contributed by atoms with Crippen molar-refractivity contribution < 1.29 is 14.4 Å². The lowest BCUT2D eigenvalue weighted by molar-refractivity contribution is -0.132. The molecule has 0 unspecified atom stereocenters. The van der Waals surface area contributed by atoms with Gasteiger partial charge in [-0.15, -0.1) is 0 Å². The van der Waals surface area contributed by atoms with Gasteiger partial charge in [0.2, 0.25) is 5.91 Å². The van der Waals surface area contributed by atoms with E-state index in [1.54, 1.807) is 14.0 Å². The molecule has 3 amide bonds. The summed E-state index contributed by atoms with van der Waals surface area (Å²) in [5, 5.41) is 10.2. The van der Waals surface area contributed by atoms with Crippen LogP contribution in [-0.4, -0.2) is 82.6 Å². The Morgan fingerprint density at radius 1 is 1.12 bits per heavy atom. The van der Waals surface area contributed by atoms with Crippen molar-refractivity contribution in [1.82, 2.24) is 30.2 Å². The molecule has 0 aliphatic carbocycles. The molecule has 1 saturated heterocycles. The number of carbonyl (C=O) groups excluding carboxylic acids is 3. The number of hydrogen-bond acceptors (Lipinski definition) is 5. The molecule has 9 nitrogen and oxygen atoms in total. The highest BCUT2D eigenvalue weighted by atomic mass is 16.2. The Morgan fingerprint density at radius 2 is 1.81 bits per heavy atom. The summed E-state index contributed by atoms with van der Waals surface area (Å²) in [4.78, 5) is 42.3. The van der Waals surface area contributed by atoms with Gasteiger partial charge in [-0.25, -0.2) is 0 Å². The van der Waals surface area contributed by atoms with E-state index < -0.39 is 5.54 Å². The molecule has 1 fully saturated rings. The number of hydrogen-bond donors (Lipinski definition) is 2. The molecule has 1 atom stereocenters. The Bertz CT molecular complexity index is 828. The number of amides is 3. The summed E-state index contributed by atoms with van der Waals surface area (Å²) >= 11 is 0. The van der Waals surface area contributed by atoms with Gasteiger partial charge in [-0.1, -0.05) is 26.7 Å².